The standard InChI is InChI=1S/C21H26N2O5S/c1-6-28-21(25)17-8-10-18(11-9-17)22-20(24)16(4)23(29(5,26)27)19-12-7-14(2)15(3)13-19/h7-13,16H,6H2,1-5H3,(H,22,24). The Morgan fingerprint density at radius 3 is 2.21 bits per heavy atom. The first-order valence-corrected chi connectivity index (χ1v) is 11.0. The Balaban J connectivity index is 2.23. The first-order valence-electron chi connectivity index (χ1n) is 9.19. The molecule has 2 rings (SSSR count). The molecule has 29 heavy (non-hydrogen) atoms. The van der Waals surface area contributed by atoms with Crippen molar-refractivity contribution >= 4 is 33.3 Å². The summed E-state index contributed by atoms with van der Waals surface area (Å²) in [6.07, 6.45) is 1.07. The monoisotopic (exact) mass is 418 g/mol. The summed E-state index contributed by atoms with van der Waals surface area (Å²) in [5.41, 5.74) is 3.20. The fourth-order valence-electron chi connectivity index (χ4n) is 2.82. The van der Waals surface area contributed by atoms with E-state index in [0.29, 0.717) is 16.9 Å². The van der Waals surface area contributed by atoms with Crippen molar-refractivity contribution in [1.82, 2.24) is 0 Å². The maximum Gasteiger partial charge on any atom is 0.338 e. The molecule has 0 radical (unpaired) electrons. The topological polar surface area (TPSA) is 92.8 Å². The summed E-state index contributed by atoms with van der Waals surface area (Å²) in [5, 5.41) is 2.69. The van der Waals surface area contributed by atoms with E-state index in [0.717, 1.165) is 21.7 Å². The van der Waals surface area contributed by atoms with E-state index in [1.54, 1.807) is 31.2 Å². The maximum atomic E-state index is 12.7. The molecule has 0 saturated heterocycles. The van der Waals surface area contributed by atoms with Gasteiger partial charge in [0.1, 0.15) is 6.04 Å². The fraction of sp³-hybridized carbons (Fsp3) is 0.333. The zero-order valence-electron chi connectivity index (χ0n) is 17.2. The molecule has 0 spiro atoms. The number of esters is 1. The zero-order chi connectivity index (χ0) is 21.8. The van der Waals surface area contributed by atoms with Gasteiger partial charge in [0.2, 0.25) is 15.9 Å². The largest absolute Gasteiger partial charge is 0.462 e. The number of hydrogen-bond acceptors (Lipinski definition) is 5. The van der Waals surface area contributed by atoms with Gasteiger partial charge in [0.05, 0.1) is 24.1 Å². The van der Waals surface area contributed by atoms with Crippen LogP contribution in [0.2, 0.25) is 0 Å². The molecule has 1 unspecified atom stereocenters. The average molecular weight is 419 g/mol. The molecular formula is C21H26N2O5S. The number of ether oxygens (including phenoxy) is 1. The fourth-order valence-corrected chi connectivity index (χ4v) is 3.99. The third kappa shape index (κ3) is 5.57. The molecule has 0 bridgehead atoms. The van der Waals surface area contributed by atoms with Crippen molar-refractivity contribution in [3.63, 3.8) is 0 Å². The van der Waals surface area contributed by atoms with Crippen LogP contribution in [0.5, 0.6) is 0 Å². The van der Waals surface area contributed by atoms with Crippen LogP contribution in [0.1, 0.15) is 35.3 Å². The summed E-state index contributed by atoms with van der Waals surface area (Å²) in [6.45, 7) is 7.33. The van der Waals surface area contributed by atoms with Crippen LogP contribution in [0.3, 0.4) is 0 Å². The minimum atomic E-state index is -3.70. The molecule has 156 valence electrons. The van der Waals surface area contributed by atoms with E-state index >= 15 is 0 Å². The van der Waals surface area contributed by atoms with Gasteiger partial charge >= 0.3 is 5.97 Å². The number of nitrogens with zero attached hydrogens (tertiary/aromatic N) is 1. The molecule has 0 aromatic heterocycles. The van der Waals surface area contributed by atoms with Gasteiger partial charge in [-0.15, -0.1) is 0 Å². The smallest absolute Gasteiger partial charge is 0.338 e. The van der Waals surface area contributed by atoms with Crippen LogP contribution < -0.4 is 9.62 Å². The lowest BCUT2D eigenvalue weighted by molar-refractivity contribution is -0.116. The van der Waals surface area contributed by atoms with Crippen LogP contribution >= 0.6 is 0 Å². The molecule has 0 aliphatic rings. The Morgan fingerprint density at radius 1 is 1.07 bits per heavy atom. The second kappa shape index (κ2) is 9.09. The normalized spacial score (nSPS) is 12.2. The van der Waals surface area contributed by atoms with Crippen molar-refractivity contribution < 1.29 is 22.7 Å². The second-order valence-corrected chi connectivity index (χ2v) is 8.65. The number of carbonyl (C=O) groups excluding carboxylic acids is 2. The summed E-state index contributed by atoms with van der Waals surface area (Å²) < 4.78 is 30.8. The molecule has 0 fully saturated rings. The van der Waals surface area contributed by atoms with Crippen molar-refractivity contribution in [2.45, 2.75) is 33.7 Å². The van der Waals surface area contributed by atoms with Gasteiger partial charge in [-0.1, -0.05) is 6.07 Å². The second-order valence-electron chi connectivity index (χ2n) is 6.79. The van der Waals surface area contributed by atoms with Gasteiger partial charge < -0.3 is 10.1 Å². The summed E-state index contributed by atoms with van der Waals surface area (Å²) in [7, 11) is -3.70. The lowest BCUT2D eigenvalue weighted by Crippen LogP contribution is -2.45. The third-order valence-electron chi connectivity index (χ3n) is 4.50. The molecule has 7 nitrogen and oxygen atoms in total. The van der Waals surface area contributed by atoms with Crippen LogP contribution in [0, 0.1) is 13.8 Å². The summed E-state index contributed by atoms with van der Waals surface area (Å²) in [6, 6.07) is 10.5. The number of carbonyl (C=O) groups is 2. The van der Waals surface area contributed by atoms with Crippen LogP contribution in [0.4, 0.5) is 11.4 Å². The number of anilines is 2. The highest BCUT2D eigenvalue weighted by Gasteiger charge is 2.29. The molecule has 0 saturated carbocycles. The highest BCUT2D eigenvalue weighted by molar-refractivity contribution is 7.92. The van der Waals surface area contributed by atoms with E-state index in [9.17, 15) is 18.0 Å². The average Bonchev–Trinajstić information content (AvgIpc) is 2.64. The van der Waals surface area contributed by atoms with Crippen LogP contribution in [0.15, 0.2) is 42.5 Å². The number of sulfonamides is 1. The highest BCUT2D eigenvalue weighted by Crippen LogP contribution is 2.24. The van der Waals surface area contributed by atoms with E-state index in [4.69, 9.17) is 4.74 Å². The number of hydrogen-bond donors (Lipinski definition) is 1. The SMILES string of the molecule is CCOC(=O)c1ccc(NC(=O)C(C)N(c2ccc(C)c(C)c2)S(C)(=O)=O)cc1. The Kier molecular flexibility index (Phi) is 7.02. The Bertz CT molecular complexity index is 1000. The van der Waals surface area contributed by atoms with Gasteiger partial charge in [-0.2, -0.15) is 0 Å². The maximum absolute atomic E-state index is 12.7. The number of aryl methyl sites for hydroxylation is 2. The Labute approximate surface area is 171 Å². The first kappa shape index (κ1) is 22.4. The Morgan fingerprint density at radius 2 is 1.69 bits per heavy atom. The van der Waals surface area contributed by atoms with Crippen molar-refractivity contribution in [2.75, 3.05) is 22.5 Å². The quantitative estimate of drug-likeness (QED) is 0.697. The van der Waals surface area contributed by atoms with E-state index in [1.165, 1.54) is 19.1 Å². The zero-order valence-corrected chi connectivity index (χ0v) is 18.0. The number of benzene rings is 2. The van der Waals surface area contributed by atoms with Crippen molar-refractivity contribution in [3.8, 4) is 0 Å². The van der Waals surface area contributed by atoms with Gasteiger partial charge in [0, 0.05) is 5.69 Å². The van der Waals surface area contributed by atoms with Crippen LogP contribution in [-0.4, -0.2) is 39.2 Å². The van der Waals surface area contributed by atoms with Crippen molar-refractivity contribution in [2.24, 2.45) is 0 Å². The Hall–Kier alpha value is -2.87. The number of amides is 1. The molecule has 0 heterocycles. The van der Waals surface area contributed by atoms with Gasteiger partial charge in [-0.25, -0.2) is 13.2 Å². The molecule has 1 amide bonds. The van der Waals surface area contributed by atoms with E-state index in [-0.39, 0.29) is 6.61 Å². The molecule has 0 aliphatic heterocycles. The lowest BCUT2D eigenvalue weighted by atomic mass is 10.1. The summed E-state index contributed by atoms with van der Waals surface area (Å²) >= 11 is 0. The van der Waals surface area contributed by atoms with E-state index in [2.05, 4.69) is 5.32 Å². The predicted octanol–water partition coefficient (Wildman–Crippen LogP) is 3.27. The van der Waals surface area contributed by atoms with Crippen LogP contribution in [-0.2, 0) is 19.6 Å². The number of nitrogens with one attached hydrogen (secondary N) is 1. The molecule has 1 N–H and O–H groups in total. The van der Waals surface area contributed by atoms with E-state index in [1.807, 2.05) is 19.9 Å². The van der Waals surface area contributed by atoms with Gasteiger partial charge in [0.25, 0.3) is 0 Å². The van der Waals surface area contributed by atoms with Crippen molar-refractivity contribution in [1.29, 1.82) is 0 Å². The molecule has 0 aliphatic carbocycles. The molecular weight excluding hydrogens is 392 g/mol. The van der Waals surface area contributed by atoms with Gasteiger partial charge in [-0.05, 0) is 75.2 Å². The minimum Gasteiger partial charge on any atom is -0.462 e. The number of rotatable bonds is 7. The van der Waals surface area contributed by atoms with Crippen LogP contribution in [0.25, 0.3) is 0 Å². The van der Waals surface area contributed by atoms with Gasteiger partial charge in [-0.3, -0.25) is 9.10 Å². The lowest BCUT2D eigenvalue weighted by Gasteiger charge is -2.28. The molecule has 2 aromatic rings. The molecule has 1 atom stereocenters. The van der Waals surface area contributed by atoms with E-state index < -0.39 is 27.9 Å². The van der Waals surface area contributed by atoms with Crippen molar-refractivity contribution in [3.05, 3.63) is 59.2 Å². The predicted molar refractivity (Wildman–Crippen MR) is 114 cm³/mol. The first-order chi connectivity index (χ1) is 13.5. The molecule has 8 heteroatoms. The minimum absolute atomic E-state index is 0.272. The molecule has 2 aromatic carbocycles. The van der Waals surface area contributed by atoms with Gasteiger partial charge in [0.15, 0.2) is 0 Å². The highest BCUT2D eigenvalue weighted by atomic mass is 32.2. The third-order valence-corrected chi connectivity index (χ3v) is 5.74. The summed E-state index contributed by atoms with van der Waals surface area (Å²) in [5.74, 6) is -0.936. The summed E-state index contributed by atoms with van der Waals surface area (Å²) in [4.78, 5) is 24.4.